The Labute approximate surface area is 148 Å². The molecule has 0 saturated carbocycles. The molecule has 0 unspecified atom stereocenters. The molecule has 0 bridgehead atoms. The summed E-state index contributed by atoms with van der Waals surface area (Å²) in [5, 5.41) is 0. The molecule has 3 rings (SSSR count). The van der Waals surface area contributed by atoms with Crippen molar-refractivity contribution in [2.24, 2.45) is 0 Å². The van der Waals surface area contributed by atoms with E-state index >= 15 is 0 Å². The number of aromatic nitrogens is 1. The molecule has 0 saturated heterocycles. The van der Waals surface area contributed by atoms with Crippen LogP contribution in [0.3, 0.4) is 0 Å². The molecule has 0 fully saturated rings. The van der Waals surface area contributed by atoms with E-state index in [0.29, 0.717) is 12.0 Å². The monoisotopic (exact) mass is 336 g/mol. The smallest absolute Gasteiger partial charge is 0.254 e. The molecule has 1 aliphatic carbocycles. The van der Waals surface area contributed by atoms with Crippen LogP contribution < -0.4 is 5.56 Å². The molecule has 0 atom stereocenters. The van der Waals surface area contributed by atoms with Crippen molar-refractivity contribution in [1.29, 1.82) is 0 Å². The van der Waals surface area contributed by atoms with E-state index in [-0.39, 0.29) is 11.5 Å². The van der Waals surface area contributed by atoms with E-state index in [9.17, 15) is 9.59 Å². The number of aryl methyl sites for hydroxylation is 1. The lowest BCUT2D eigenvalue weighted by atomic mass is 9.97. The van der Waals surface area contributed by atoms with Gasteiger partial charge in [-0.05, 0) is 36.1 Å². The number of rotatable bonds is 5. The zero-order valence-electron chi connectivity index (χ0n) is 15.1. The summed E-state index contributed by atoms with van der Waals surface area (Å²) in [5.74, 6) is -0.0201. The number of carbonyl (C=O) groups excluding carboxylic acids is 1. The van der Waals surface area contributed by atoms with Crippen molar-refractivity contribution in [3.05, 3.63) is 63.6 Å². The topological polar surface area (TPSA) is 42.3 Å². The van der Waals surface area contributed by atoms with Gasteiger partial charge in [-0.15, -0.1) is 0 Å². The zero-order valence-corrected chi connectivity index (χ0v) is 15.1. The molecule has 1 heterocycles. The normalized spacial score (nSPS) is 12.3. The molecule has 1 aromatic heterocycles. The standard InChI is InChI=1S/C21H24N2O2/c1-4-5-12-23-14-19(17-10-7-11-18(17)21(23)25)15-8-6-9-16(13-15)20(24)22(2)3/h6-10,13-14H,4-5,11-12H2,1-3H3. The molecule has 25 heavy (non-hydrogen) atoms. The first-order valence-corrected chi connectivity index (χ1v) is 8.78. The third kappa shape index (κ3) is 3.29. The van der Waals surface area contributed by atoms with Gasteiger partial charge in [0.15, 0.2) is 0 Å². The largest absolute Gasteiger partial charge is 0.345 e. The maximum absolute atomic E-state index is 12.7. The van der Waals surface area contributed by atoms with E-state index in [4.69, 9.17) is 0 Å². The van der Waals surface area contributed by atoms with Crippen molar-refractivity contribution in [2.45, 2.75) is 32.7 Å². The number of allylic oxidation sites excluding steroid dienone is 1. The van der Waals surface area contributed by atoms with Crippen molar-refractivity contribution in [2.75, 3.05) is 14.1 Å². The number of pyridine rings is 1. The predicted octanol–water partition coefficient (Wildman–Crippen LogP) is 3.59. The van der Waals surface area contributed by atoms with E-state index < -0.39 is 0 Å². The third-order valence-electron chi connectivity index (χ3n) is 4.61. The lowest BCUT2D eigenvalue weighted by molar-refractivity contribution is 0.0827. The van der Waals surface area contributed by atoms with Crippen molar-refractivity contribution < 1.29 is 4.79 Å². The van der Waals surface area contributed by atoms with Crippen LogP contribution in [0.2, 0.25) is 0 Å². The van der Waals surface area contributed by atoms with Gasteiger partial charge >= 0.3 is 0 Å². The van der Waals surface area contributed by atoms with Crippen LogP contribution in [0.25, 0.3) is 17.2 Å². The minimum absolute atomic E-state index is 0.0201. The second-order valence-corrected chi connectivity index (χ2v) is 6.67. The van der Waals surface area contributed by atoms with Crippen LogP contribution in [0.15, 0.2) is 41.3 Å². The van der Waals surface area contributed by atoms with E-state index in [1.54, 1.807) is 19.0 Å². The molecule has 0 N–H and O–H groups in total. The number of unbranched alkanes of at least 4 members (excludes halogenated alkanes) is 1. The minimum atomic E-state index is -0.0201. The Hall–Kier alpha value is -2.62. The predicted molar refractivity (Wildman–Crippen MR) is 102 cm³/mol. The molecule has 1 aromatic carbocycles. The number of nitrogens with zero attached hydrogens (tertiary/aromatic N) is 2. The Morgan fingerprint density at radius 3 is 2.80 bits per heavy atom. The maximum atomic E-state index is 12.7. The van der Waals surface area contributed by atoms with Gasteiger partial charge in [-0.1, -0.05) is 37.6 Å². The second-order valence-electron chi connectivity index (χ2n) is 6.67. The third-order valence-corrected chi connectivity index (χ3v) is 4.61. The highest BCUT2D eigenvalue weighted by molar-refractivity contribution is 5.95. The molecule has 0 aliphatic heterocycles. The van der Waals surface area contributed by atoms with Crippen molar-refractivity contribution in [1.82, 2.24) is 9.47 Å². The van der Waals surface area contributed by atoms with Gasteiger partial charge in [-0.3, -0.25) is 9.59 Å². The maximum Gasteiger partial charge on any atom is 0.254 e. The first-order valence-electron chi connectivity index (χ1n) is 8.78. The van der Waals surface area contributed by atoms with Crippen LogP contribution in [0.4, 0.5) is 0 Å². The quantitative estimate of drug-likeness (QED) is 0.837. The van der Waals surface area contributed by atoms with Crippen LogP contribution in [0, 0.1) is 0 Å². The summed E-state index contributed by atoms with van der Waals surface area (Å²) in [7, 11) is 3.50. The first kappa shape index (κ1) is 17.2. The summed E-state index contributed by atoms with van der Waals surface area (Å²) in [6.45, 7) is 2.85. The molecule has 0 spiro atoms. The summed E-state index contributed by atoms with van der Waals surface area (Å²) in [5.41, 5.74) is 4.61. The summed E-state index contributed by atoms with van der Waals surface area (Å²) >= 11 is 0. The molecule has 0 radical (unpaired) electrons. The van der Waals surface area contributed by atoms with Gasteiger partial charge in [0, 0.05) is 43.5 Å². The van der Waals surface area contributed by atoms with Crippen LogP contribution in [0.5, 0.6) is 0 Å². The molecular formula is C21H24N2O2. The SMILES string of the molecule is CCCCn1cc(-c2cccc(C(=O)N(C)C)c2)c2c(c1=O)CC=C2. The highest BCUT2D eigenvalue weighted by Gasteiger charge is 2.18. The number of hydrogen-bond donors (Lipinski definition) is 0. The Kier molecular flexibility index (Phi) is 4.88. The van der Waals surface area contributed by atoms with E-state index in [1.807, 2.05) is 47.2 Å². The highest BCUT2D eigenvalue weighted by Crippen LogP contribution is 2.30. The second kappa shape index (κ2) is 7.09. The molecular weight excluding hydrogens is 312 g/mol. The summed E-state index contributed by atoms with van der Waals surface area (Å²) < 4.78 is 1.82. The van der Waals surface area contributed by atoms with Gasteiger partial charge in [0.2, 0.25) is 0 Å². The van der Waals surface area contributed by atoms with E-state index in [0.717, 1.165) is 41.6 Å². The fourth-order valence-electron chi connectivity index (χ4n) is 3.22. The van der Waals surface area contributed by atoms with Gasteiger partial charge < -0.3 is 9.47 Å². The van der Waals surface area contributed by atoms with Gasteiger partial charge in [-0.2, -0.15) is 0 Å². The minimum Gasteiger partial charge on any atom is -0.345 e. The van der Waals surface area contributed by atoms with Gasteiger partial charge in [0.05, 0.1) is 0 Å². The molecule has 1 aliphatic rings. The fourth-order valence-corrected chi connectivity index (χ4v) is 3.22. The molecule has 2 aromatic rings. The number of carbonyl (C=O) groups is 1. The van der Waals surface area contributed by atoms with Crippen LogP contribution in [-0.2, 0) is 13.0 Å². The van der Waals surface area contributed by atoms with Crippen molar-refractivity contribution >= 4 is 12.0 Å². The number of amides is 1. The molecule has 4 heteroatoms. The van der Waals surface area contributed by atoms with Gasteiger partial charge in [-0.25, -0.2) is 0 Å². The molecule has 4 nitrogen and oxygen atoms in total. The van der Waals surface area contributed by atoms with Crippen LogP contribution in [-0.4, -0.2) is 29.5 Å². The van der Waals surface area contributed by atoms with Gasteiger partial charge in [0.1, 0.15) is 0 Å². The lowest BCUT2D eigenvalue weighted by Gasteiger charge is -2.15. The average Bonchev–Trinajstić information content (AvgIpc) is 3.11. The number of hydrogen-bond acceptors (Lipinski definition) is 2. The van der Waals surface area contributed by atoms with Crippen LogP contribution >= 0.6 is 0 Å². The summed E-state index contributed by atoms with van der Waals surface area (Å²) in [6.07, 6.45) is 8.72. The number of benzene rings is 1. The van der Waals surface area contributed by atoms with Gasteiger partial charge in [0.25, 0.3) is 11.5 Å². The summed E-state index contributed by atoms with van der Waals surface area (Å²) in [4.78, 5) is 26.5. The Bertz CT molecular complexity index is 891. The summed E-state index contributed by atoms with van der Waals surface area (Å²) in [6, 6.07) is 7.65. The van der Waals surface area contributed by atoms with Crippen molar-refractivity contribution in [3.8, 4) is 11.1 Å². The van der Waals surface area contributed by atoms with E-state index in [1.165, 1.54) is 0 Å². The lowest BCUT2D eigenvalue weighted by Crippen LogP contribution is -2.24. The zero-order chi connectivity index (χ0) is 18.0. The molecule has 1 amide bonds. The Balaban J connectivity index is 2.12. The first-order chi connectivity index (χ1) is 12.0. The number of fused-ring (bicyclic) bond motifs is 1. The van der Waals surface area contributed by atoms with E-state index in [2.05, 4.69) is 6.92 Å². The van der Waals surface area contributed by atoms with Crippen molar-refractivity contribution in [3.63, 3.8) is 0 Å². The fraction of sp³-hybridized carbons (Fsp3) is 0.333. The highest BCUT2D eigenvalue weighted by atomic mass is 16.2. The molecule has 130 valence electrons. The van der Waals surface area contributed by atoms with Crippen LogP contribution in [0.1, 0.15) is 41.3 Å². The Morgan fingerprint density at radius 1 is 1.28 bits per heavy atom. The average molecular weight is 336 g/mol. The Morgan fingerprint density at radius 2 is 2.08 bits per heavy atom.